The third-order valence-corrected chi connectivity index (χ3v) is 5.27. The molecular weight excluding hydrogens is 354 g/mol. The zero-order valence-electron chi connectivity index (χ0n) is 14.4. The number of aliphatic hydroxyl groups is 1. The molecule has 6 nitrogen and oxygen atoms in total. The Balaban J connectivity index is 1.65. The topological polar surface area (TPSA) is 74.7 Å². The molecule has 1 aromatic carbocycles. The third kappa shape index (κ3) is 3.10. The first-order valence-electron chi connectivity index (χ1n) is 8.72. The number of ether oxygens (including phenoxy) is 1. The van der Waals surface area contributed by atoms with Crippen molar-refractivity contribution in [3.63, 3.8) is 0 Å². The maximum absolute atomic E-state index is 12.7. The average Bonchev–Trinajstić information content (AvgIpc) is 2.74. The predicted molar refractivity (Wildman–Crippen MR) is 100 cm³/mol. The minimum Gasteiger partial charge on any atom is -0.453 e. The van der Waals surface area contributed by atoms with Gasteiger partial charge in [0.1, 0.15) is 11.5 Å². The number of benzene rings is 1. The fraction of sp³-hybridized carbons (Fsp3) is 0.368. The number of carbonyl (C=O) groups is 1. The maximum Gasteiger partial charge on any atom is 0.262 e. The lowest BCUT2D eigenvalue weighted by atomic mass is 9.93. The highest BCUT2D eigenvalue weighted by atomic mass is 35.5. The summed E-state index contributed by atoms with van der Waals surface area (Å²) in [6, 6.07) is 7.19. The molecule has 0 unspecified atom stereocenters. The molecular formula is C19H20ClN3O3. The van der Waals surface area contributed by atoms with E-state index in [-0.39, 0.29) is 18.1 Å². The number of carbonyl (C=O) groups excluding carboxylic acids is 1. The Labute approximate surface area is 156 Å². The van der Waals surface area contributed by atoms with Gasteiger partial charge in [-0.15, -0.1) is 0 Å². The summed E-state index contributed by atoms with van der Waals surface area (Å²) in [5.41, 5.74) is 1.01. The van der Waals surface area contributed by atoms with Crippen LogP contribution >= 0.6 is 11.6 Å². The zero-order valence-corrected chi connectivity index (χ0v) is 15.2. The Hall–Kier alpha value is -2.31. The molecule has 2 heterocycles. The van der Waals surface area contributed by atoms with E-state index in [4.69, 9.17) is 16.3 Å². The summed E-state index contributed by atoms with van der Waals surface area (Å²) in [5, 5.41) is 13.4. The summed E-state index contributed by atoms with van der Waals surface area (Å²) in [6.45, 7) is 0. The minimum absolute atomic E-state index is 0.190. The van der Waals surface area contributed by atoms with Gasteiger partial charge in [-0.2, -0.15) is 0 Å². The number of nitrogens with one attached hydrogen (secondary N) is 1. The summed E-state index contributed by atoms with van der Waals surface area (Å²) in [7, 11) is 1.69. The lowest BCUT2D eigenvalue weighted by Crippen LogP contribution is -2.28. The third-order valence-electron chi connectivity index (χ3n) is 4.97. The summed E-state index contributed by atoms with van der Waals surface area (Å²) in [5.74, 6) is 1.38. The molecule has 2 N–H and O–H groups in total. The van der Waals surface area contributed by atoms with Crippen molar-refractivity contribution in [3.05, 3.63) is 41.0 Å². The van der Waals surface area contributed by atoms with Crippen molar-refractivity contribution in [2.24, 2.45) is 0 Å². The van der Waals surface area contributed by atoms with Gasteiger partial charge in [-0.25, -0.2) is 4.98 Å². The van der Waals surface area contributed by atoms with Crippen molar-refractivity contribution in [1.82, 2.24) is 4.98 Å². The van der Waals surface area contributed by atoms with Crippen LogP contribution in [-0.4, -0.2) is 35.2 Å². The first kappa shape index (κ1) is 17.1. The Morgan fingerprint density at radius 1 is 1.31 bits per heavy atom. The molecule has 136 valence electrons. The van der Waals surface area contributed by atoms with E-state index in [2.05, 4.69) is 10.3 Å². The number of aliphatic hydroxyl groups excluding tert-OH is 1. The van der Waals surface area contributed by atoms with Crippen LogP contribution in [0.1, 0.15) is 36.0 Å². The molecule has 7 heteroatoms. The Morgan fingerprint density at radius 2 is 2.08 bits per heavy atom. The summed E-state index contributed by atoms with van der Waals surface area (Å²) in [4.78, 5) is 18.7. The van der Waals surface area contributed by atoms with Gasteiger partial charge >= 0.3 is 0 Å². The monoisotopic (exact) mass is 373 g/mol. The molecule has 1 aliphatic heterocycles. The van der Waals surface area contributed by atoms with E-state index in [0.29, 0.717) is 33.6 Å². The van der Waals surface area contributed by atoms with Crippen LogP contribution in [0.15, 0.2) is 30.5 Å². The van der Waals surface area contributed by atoms with Crippen LogP contribution in [0.3, 0.4) is 0 Å². The highest BCUT2D eigenvalue weighted by Crippen LogP contribution is 2.42. The van der Waals surface area contributed by atoms with Gasteiger partial charge in [0.05, 0.1) is 22.9 Å². The number of rotatable bonds is 2. The van der Waals surface area contributed by atoms with E-state index in [1.54, 1.807) is 37.5 Å². The number of fused-ring (bicyclic) bond motifs is 2. The van der Waals surface area contributed by atoms with Gasteiger partial charge in [-0.3, -0.25) is 4.79 Å². The Bertz CT molecular complexity index is 850. The van der Waals surface area contributed by atoms with E-state index in [0.717, 1.165) is 25.7 Å². The van der Waals surface area contributed by atoms with Crippen molar-refractivity contribution < 1.29 is 14.6 Å². The number of aromatic nitrogens is 1. The fourth-order valence-corrected chi connectivity index (χ4v) is 3.67. The number of pyridine rings is 1. The van der Waals surface area contributed by atoms with Crippen LogP contribution in [0, 0.1) is 0 Å². The van der Waals surface area contributed by atoms with Gasteiger partial charge in [0.2, 0.25) is 0 Å². The van der Waals surface area contributed by atoms with Gasteiger partial charge in [-0.05, 0) is 37.8 Å². The van der Waals surface area contributed by atoms with Crippen molar-refractivity contribution in [3.8, 4) is 11.5 Å². The van der Waals surface area contributed by atoms with Gasteiger partial charge in [0.15, 0.2) is 11.5 Å². The van der Waals surface area contributed by atoms with Gasteiger partial charge in [0.25, 0.3) is 5.91 Å². The molecule has 0 bridgehead atoms. The van der Waals surface area contributed by atoms with E-state index >= 15 is 0 Å². The number of para-hydroxylation sites is 1. The highest BCUT2D eigenvalue weighted by Gasteiger charge is 2.28. The second kappa shape index (κ2) is 6.78. The van der Waals surface area contributed by atoms with Gasteiger partial charge < -0.3 is 20.1 Å². The largest absolute Gasteiger partial charge is 0.453 e. The fourth-order valence-electron chi connectivity index (χ4n) is 3.45. The quantitative estimate of drug-likeness (QED) is 0.836. The van der Waals surface area contributed by atoms with E-state index in [1.165, 1.54) is 4.90 Å². The van der Waals surface area contributed by atoms with E-state index < -0.39 is 0 Å². The van der Waals surface area contributed by atoms with E-state index in [1.807, 2.05) is 0 Å². The lowest BCUT2D eigenvalue weighted by molar-refractivity contribution is 0.0993. The predicted octanol–water partition coefficient (Wildman–Crippen LogP) is 3.83. The zero-order chi connectivity index (χ0) is 18.3. The lowest BCUT2D eigenvalue weighted by Gasteiger charge is -2.27. The molecule has 0 saturated heterocycles. The van der Waals surface area contributed by atoms with Crippen LogP contribution in [0.25, 0.3) is 0 Å². The normalized spacial score (nSPS) is 22.1. The molecule has 4 rings (SSSR count). The van der Waals surface area contributed by atoms with Crippen molar-refractivity contribution in [2.75, 3.05) is 17.3 Å². The smallest absolute Gasteiger partial charge is 0.262 e. The summed E-state index contributed by atoms with van der Waals surface area (Å²) in [6.07, 6.45) is 4.81. The molecule has 1 saturated carbocycles. The number of amides is 1. The van der Waals surface area contributed by atoms with Crippen molar-refractivity contribution >= 4 is 29.0 Å². The molecule has 0 radical (unpaired) electrons. The first-order valence-corrected chi connectivity index (χ1v) is 9.10. The molecule has 2 aromatic rings. The molecule has 1 aromatic heterocycles. The summed E-state index contributed by atoms with van der Waals surface area (Å²) < 4.78 is 6.01. The minimum atomic E-state index is -0.199. The van der Waals surface area contributed by atoms with Crippen molar-refractivity contribution in [1.29, 1.82) is 0 Å². The molecule has 0 atom stereocenters. The van der Waals surface area contributed by atoms with Crippen LogP contribution in [-0.2, 0) is 0 Å². The number of anilines is 2. The van der Waals surface area contributed by atoms with Crippen LogP contribution in [0.5, 0.6) is 11.5 Å². The van der Waals surface area contributed by atoms with Crippen molar-refractivity contribution in [2.45, 2.75) is 37.8 Å². The van der Waals surface area contributed by atoms with Crippen LogP contribution < -0.4 is 15.0 Å². The van der Waals surface area contributed by atoms with E-state index in [9.17, 15) is 9.90 Å². The Kier molecular flexibility index (Phi) is 4.46. The molecule has 1 amide bonds. The molecule has 1 fully saturated rings. The number of hydrogen-bond donors (Lipinski definition) is 2. The second-order valence-electron chi connectivity index (χ2n) is 6.77. The molecule has 1 aliphatic carbocycles. The standard InChI is InChI=1S/C19H20ClN3O3/c1-23-15-10-21-17(22-11-5-7-12(24)8-6-11)9-16(15)26-18-13(19(23)25)3-2-4-14(18)20/h2-4,9-12,24H,5-8H2,1H3,(H,21,22)/t11-,12-. The Morgan fingerprint density at radius 3 is 2.85 bits per heavy atom. The molecule has 2 aliphatic rings. The summed E-state index contributed by atoms with van der Waals surface area (Å²) >= 11 is 6.25. The van der Waals surface area contributed by atoms with Crippen LogP contribution in [0.4, 0.5) is 11.5 Å². The van der Waals surface area contributed by atoms with Gasteiger partial charge in [-0.1, -0.05) is 17.7 Å². The number of halogens is 1. The maximum atomic E-state index is 12.7. The average molecular weight is 374 g/mol. The second-order valence-corrected chi connectivity index (χ2v) is 7.18. The highest BCUT2D eigenvalue weighted by molar-refractivity contribution is 6.33. The van der Waals surface area contributed by atoms with Gasteiger partial charge in [0, 0.05) is 19.2 Å². The first-order chi connectivity index (χ1) is 12.5. The molecule has 0 spiro atoms. The number of hydrogen-bond acceptors (Lipinski definition) is 5. The number of nitrogens with zero attached hydrogens (tertiary/aromatic N) is 2. The van der Waals surface area contributed by atoms with Crippen LogP contribution in [0.2, 0.25) is 5.02 Å². The SMILES string of the molecule is CN1C(=O)c2cccc(Cl)c2Oc2cc(N[C@H]3CC[C@H](O)CC3)ncc21. The molecule has 26 heavy (non-hydrogen) atoms.